The van der Waals surface area contributed by atoms with E-state index in [1.807, 2.05) is 31.2 Å². The molecule has 4 nitrogen and oxygen atoms in total. The Kier molecular flexibility index (Phi) is 4.55. The molecule has 0 amide bonds. The molecule has 1 aliphatic rings. The predicted octanol–water partition coefficient (Wildman–Crippen LogP) is 2.40. The van der Waals surface area contributed by atoms with Gasteiger partial charge in [-0.15, -0.1) is 0 Å². The maximum atomic E-state index is 11.5. The molecular weight excluding hydrogens is 242 g/mol. The number of hydrogen-bond donors (Lipinski definition) is 0. The maximum absolute atomic E-state index is 11.5. The molecule has 1 atom stereocenters. The van der Waals surface area contributed by atoms with Crippen LogP contribution in [0, 0.1) is 0 Å². The van der Waals surface area contributed by atoms with Crippen molar-refractivity contribution in [2.75, 3.05) is 13.7 Å². The molecule has 0 saturated heterocycles. The van der Waals surface area contributed by atoms with Crippen LogP contribution in [-0.2, 0) is 16.0 Å². The lowest BCUT2D eigenvalue weighted by molar-refractivity contribution is -0.142. The summed E-state index contributed by atoms with van der Waals surface area (Å²) >= 11 is 0. The van der Waals surface area contributed by atoms with Gasteiger partial charge in [0.15, 0.2) is 6.04 Å². The molecule has 2 rings (SSSR count). The monoisotopic (exact) mass is 261 g/mol. The smallest absolute Gasteiger partial charge is 0.336 e. The average molecular weight is 261 g/mol. The molecule has 0 bridgehead atoms. The highest BCUT2D eigenvalue weighted by atomic mass is 16.5. The summed E-state index contributed by atoms with van der Waals surface area (Å²) < 4.78 is 10.2. The standard InChI is InChI=1S/C15H19NO3/c1-3-10-19-15(17)14-13(16-14)9-6-11-4-7-12(18-2)8-5-11/h4-5,7-8,14H,3,6,9-10H2,1-2H3. The first-order valence-electron chi connectivity index (χ1n) is 6.60. The number of carbonyl (C=O) groups excluding carboxylic acids is 1. The molecular formula is C15H19NO3. The third-order valence-corrected chi connectivity index (χ3v) is 3.04. The molecule has 19 heavy (non-hydrogen) atoms. The van der Waals surface area contributed by atoms with Crippen LogP contribution in [0.1, 0.15) is 25.3 Å². The molecule has 0 spiro atoms. The summed E-state index contributed by atoms with van der Waals surface area (Å²) in [5.74, 6) is 0.653. The van der Waals surface area contributed by atoms with E-state index in [0.717, 1.165) is 30.7 Å². The van der Waals surface area contributed by atoms with E-state index >= 15 is 0 Å². The molecule has 0 fully saturated rings. The number of ether oxygens (including phenoxy) is 2. The zero-order chi connectivity index (χ0) is 13.7. The van der Waals surface area contributed by atoms with Crippen molar-refractivity contribution in [3.05, 3.63) is 29.8 Å². The number of aliphatic imine (C=N–C) groups is 1. The third kappa shape index (κ3) is 3.81. The van der Waals surface area contributed by atoms with Crippen molar-refractivity contribution in [1.29, 1.82) is 0 Å². The Hall–Kier alpha value is -1.84. The van der Waals surface area contributed by atoms with Crippen LogP contribution in [0.3, 0.4) is 0 Å². The van der Waals surface area contributed by atoms with Crippen LogP contribution in [-0.4, -0.2) is 31.4 Å². The molecule has 0 saturated carbocycles. The summed E-state index contributed by atoms with van der Waals surface area (Å²) in [7, 11) is 1.65. The van der Waals surface area contributed by atoms with Crippen molar-refractivity contribution >= 4 is 11.7 Å². The summed E-state index contributed by atoms with van der Waals surface area (Å²) in [5.41, 5.74) is 2.17. The fourth-order valence-electron chi connectivity index (χ4n) is 1.86. The quantitative estimate of drug-likeness (QED) is 0.708. The summed E-state index contributed by atoms with van der Waals surface area (Å²) in [6.07, 6.45) is 2.55. The van der Waals surface area contributed by atoms with Gasteiger partial charge < -0.3 is 9.47 Å². The van der Waals surface area contributed by atoms with Gasteiger partial charge in [-0.2, -0.15) is 0 Å². The van der Waals surface area contributed by atoms with Crippen LogP contribution < -0.4 is 4.74 Å². The van der Waals surface area contributed by atoms with Gasteiger partial charge in [-0.05, 0) is 37.0 Å². The molecule has 0 aromatic heterocycles. The van der Waals surface area contributed by atoms with Gasteiger partial charge in [0.1, 0.15) is 5.75 Å². The number of aryl methyl sites for hydroxylation is 1. The number of rotatable bonds is 7. The van der Waals surface area contributed by atoms with E-state index in [1.165, 1.54) is 5.56 Å². The van der Waals surface area contributed by atoms with Crippen LogP contribution in [0.5, 0.6) is 5.75 Å². The molecule has 0 N–H and O–H groups in total. The lowest BCUT2D eigenvalue weighted by Gasteiger charge is -2.02. The van der Waals surface area contributed by atoms with Crippen molar-refractivity contribution in [2.24, 2.45) is 4.99 Å². The Morgan fingerprint density at radius 2 is 2.00 bits per heavy atom. The van der Waals surface area contributed by atoms with Gasteiger partial charge in [0.25, 0.3) is 0 Å². The van der Waals surface area contributed by atoms with E-state index in [0.29, 0.717) is 6.61 Å². The number of nitrogens with zero attached hydrogens (tertiary/aromatic N) is 1. The van der Waals surface area contributed by atoms with E-state index in [2.05, 4.69) is 4.99 Å². The van der Waals surface area contributed by atoms with E-state index in [9.17, 15) is 4.79 Å². The Labute approximate surface area is 113 Å². The normalized spacial score (nSPS) is 16.7. The Morgan fingerprint density at radius 1 is 1.26 bits per heavy atom. The van der Waals surface area contributed by atoms with Crippen molar-refractivity contribution in [2.45, 2.75) is 32.2 Å². The molecule has 0 aliphatic carbocycles. The number of carbonyl (C=O) groups is 1. The second kappa shape index (κ2) is 6.36. The van der Waals surface area contributed by atoms with Crippen molar-refractivity contribution in [1.82, 2.24) is 0 Å². The molecule has 1 unspecified atom stereocenters. The maximum Gasteiger partial charge on any atom is 0.336 e. The minimum atomic E-state index is -0.301. The summed E-state index contributed by atoms with van der Waals surface area (Å²) in [6, 6.07) is 7.65. The fourth-order valence-corrected chi connectivity index (χ4v) is 1.86. The Morgan fingerprint density at radius 3 is 2.63 bits per heavy atom. The molecule has 0 radical (unpaired) electrons. The second-order valence-corrected chi connectivity index (χ2v) is 4.54. The highest BCUT2D eigenvalue weighted by Crippen LogP contribution is 2.20. The molecule has 4 heteroatoms. The average Bonchev–Trinajstić information content (AvgIpc) is 3.23. The van der Waals surface area contributed by atoms with Gasteiger partial charge >= 0.3 is 5.97 Å². The van der Waals surface area contributed by atoms with E-state index < -0.39 is 0 Å². The molecule has 1 aromatic carbocycles. The van der Waals surface area contributed by atoms with Gasteiger partial charge in [-0.1, -0.05) is 19.1 Å². The SMILES string of the molecule is CCCOC(=O)C1N=C1CCc1ccc(OC)cc1. The first-order valence-corrected chi connectivity index (χ1v) is 6.60. The van der Waals surface area contributed by atoms with Crippen LogP contribution >= 0.6 is 0 Å². The van der Waals surface area contributed by atoms with E-state index in [1.54, 1.807) is 7.11 Å². The number of methoxy groups -OCH3 is 1. The molecule has 1 aliphatic heterocycles. The number of esters is 1. The highest BCUT2D eigenvalue weighted by molar-refractivity contribution is 6.16. The summed E-state index contributed by atoms with van der Waals surface area (Å²) in [6.45, 7) is 2.46. The fraction of sp³-hybridized carbons (Fsp3) is 0.467. The van der Waals surface area contributed by atoms with Gasteiger partial charge in [0.05, 0.1) is 19.4 Å². The van der Waals surface area contributed by atoms with E-state index in [-0.39, 0.29) is 12.0 Å². The second-order valence-electron chi connectivity index (χ2n) is 4.54. The largest absolute Gasteiger partial charge is 0.497 e. The molecule has 102 valence electrons. The molecule has 1 heterocycles. The van der Waals surface area contributed by atoms with Crippen LogP contribution in [0.2, 0.25) is 0 Å². The van der Waals surface area contributed by atoms with Gasteiger partial charge in [-0.3, -0.25) is 4.99 Å². The predicted molar refractivity (Wildman–Crippen MR) is 73.8 cm³/mol. The van der Waals surface area contributed by atoms with Crippen molar-refractivity contribution < 1.29 is 14.3 Å². The zero-order valence-electron chi connectivity index (χ0n) is 11.4. The van der Waals surface area contributed by atoms with Crippen LogP contribution in [0.15, 0.2) is 29.3 Å². The third-order valence-electron chi connectivity index (χ3n) is 3.04. The Bertz CT molecular complexity index is 465. The minimum absolute atomic E-state index is 0.202. The van der Waals surface area contributed by atoms with Crippen molar-refractivity contribution in [3.63, 3.8) is 0 Å². The van der Waals surface area contributed by atoms with Gasteiger partial charge in [-0.25, -0.2) is 4.79 Å². The van der Waals surface area contributed by atoms with Gasteiger partial charge in [0.2, 0.25) is 0 Å². The lowest BCUT2D eigenvalue weighted by Crippen LogP contribution is -2.17. The molecule has 1 aromatic rings. The van der Waals surface area contributed by atoms with Crippen LogP contribution in [0.25, 0.3) is 0 Å². The topological polar surface area (TPSA) is 47.9 Å². The Balaban J connectivity index is 1.72. The number of benzene rings is 1. The first kappa shape index (κ1) is 13.6. The number of hydrogen-bond acceptors (Lipinski definition) is 4. The van der Waals surface area contributed by atoms with Gasteiger partial charge in [0, 0.05) is 0 Å². The van der Waals surface area contributed by atoms with Crippen LogP contribution in [0.4, 0.5) is 0 Å². The highest BCUT2D eigenvalue weighted by Gasteiger charge is 2.35. The first-order chi connectivity index (χ1) is 9.24. The summed E-state index contributed by atoms with van der Waals surface area (Å²) in [4.78, 5) is 15.7. The lowest BCUT2D eigenvalue weighted by atomic mass is 10.1. The minimum Gasteiger partial charge on any atom is -0.497 e. The van der Waals surface area contributed by atoms with Crippen molar-refractivity contribution in [3.8, 4) is 5.75 Å². The zero-order valence-corrected chi connectivity index (χ0v) is 11.4. The van der Waals surface area contributed by atoms with E-state index in [4.69, 9.17) is 9.47 Å². The summed E-state index contributed by atoms with van der Waals surface area (Å²) in [5, 5.41) is 0.